The van der Waals surface area contributed by atoms with Crippen LogP contribution in [-0.2, 0) is 14.6 Å². The topological polar surface area (TPSA) is 78.5 Å². The van der Waals surface area contributed by atoms with E-state index >= 15 is 0 Å². The molecule has 7 nitrogen and oxygen atoms in total. The molecule has 0 spiro atoms. The first-order chi connectivity index (χ1) is 18.9. The third-order valence-corrected chi connectivity index (χ3v) is 11.1. The normalized spacial score (nSPS) is 27.9. The van der Waals surface area contributed by atoms with Gasteiger partial charge in [0.2, 0.25) is 0 Å². The zero-order valence-electron chi connectivity index (χ0n) is 22.9. The van der Waals surface area contributed by atoms with Gasteiger partial charge >= 0.3 is 0 Å². The Bertz CT molecular complexity index is 1410. The second-order valence-corrected chi connectivity index (χ2v) is 14.3. The molecule has 39 heavy (non-hydrogen) atoms. The fraction of sp³-hybridized carbons (Fsp3) is 0.581. The van der Waals surface area contributed by atoms with E-state index in [1.807, 2.05) is 12.1 Å². The number of imidazole rings is 1. The standard InChI is InChI=1S/C31H40N4O3S/c1-39(36,37)28-7-2-22(3-8-28)31-32-29-9-4-23(18-30(29)33-31)21-10-14-34(15-11-21)27-19-25-5-6-26(20-27)35(25)24-12-16-38-17-13-24/h2-4,7-9,18,21,24-27H,5-6,10-17,19-20H2,1H3,(H,32,33). The van der Waals surface area contributed by atoms with Gasteiger partial charge in [-0.05, 0) is 112 Å². The second kappa shape index (κ2) is 10.3. The highest BCUT2D eigenvalue weighted by atomic mass is 32.2. The Morgan fingerprint density at radius 3 is 2.21 bits per heavy atom. The molecule has 2 bridgehead atoms. The van der Waals surface area contributed by atoms with E-state index in [1.54, 1.807) is 12.1 Å². The van der Waals surface area contributed by atoms with Gasteiger partial charge < -0.3 is 14.6 Å². The van der Waals surface area contributed by atoms with Crippen LogP contribution in [0.4, 0.5) is 0 Å². The highest BCUT2D eigenvalue weighted by molar-refractivity contribution is 7.90. The average Bonchev–Trinajstić information content (AvgIpc) is 3.50. The van der Waals surface area contributed by atoms with Gasteiger partial charge in [0.05, 0.1) is 15.9 Å². The first-order valence-corrected chi connectivity index (χ1v) is 16.7. The first-order valence-electron chi connectivity index (χ1n) is 14.8. The molecular weight excluding hydrogens is 508 g/mol. The molecule has 4 fully saturated rings. The van der Waals surface area contributed by atoms with Gasteiger partial charge in [0.25, 0.3) is 0 Å². The molecule has 7 rings (SSSR count). The maximum Gasteiger partial charge on any atom is 0.175 e. The van der Waals surface area contributed by atoms with E-state index in [0.29, 0.717) is 10.8 Å². The molecule has 1 aromatic heterocycles. The quantitative estimate of drug-likeness (QED) is 0.484. The summed E-state index contributed by atoms with van der Waals surface area (Å²) in [6, 6.07) is 16.7. The van der Waals surface area contributed by atoms with E-state index in [-0.39, 0.29) is 0 Å². The first kappa shape index (κ1) is 25.7. The molecule has 5 heterocycles. The molecule has 2 atom stereocenters. The molecule has 0 aliphatic carbocycles. The number of nitrogens with zero attached hydrogens (tertiary/aromatic N) is 3. The van der Waals surface area contributed by atoms with E-state index in [0.717, 1.165) is 59.8 Å². The van der Waals surface area contributed by atoms with E-state index in [2.05, 4.69) is 33.0 Å². The van der Waals surface area contributed by atoms with Gasteiger partial charge in [-0.15, -0.1) is 0 Å². The van der Waals surface area contributed by atoms with E-state index in [4.69, 9.17) is 9.72 Å². The van der Waals surface area contributed by atoms with E-state index in [9.17, 15) is 8.42 Å². The average molecular weight is 549 g/mol. The Hall–Kier alpha value is -2.26. The number of hydrogen-bond acceptors (Lipinski definition) is 6. The summed E-state index contributed by atoms with van der Waals surface area (Å²) in [5, 5.41) is 0. The van der Waals surface area contributed by atoms with Crippen LogP contribution in [0, 0.1) is 0 Å². The Kier molecular flexibility index (Phi) is 6.78. The Balaban J connectivity index is 0.992. The van der Waals surface area contributed by atoms with Crippen molar-refractivity contribution in [1.82, 2.24) is 19.8 Å². The van der Waals surface area contributed by atoms with Crippen molar-refractivity contribution >= 4 is 20.9 Å². The van der Waals surface area contributed by atoms with Crippen LogP contribution in [0.2, 0.25) is 0 Å². The minimum atomic E-state index is -3.21. The fourth-order valence-electron chi connectivity index (χ4n) is 7.94. The number of likely N-dealkylation sites (tertiary alicyclic amines) is 1. The molecule has 0 saturated carbocycles. The molecule has 8 heteroatoms. The lowest BCUT2D eigenvalue weighted by atomic mass is 9.86. The minimum Gasteiger partial charge on any atom is -0.381 e. The van der Waals surface area contributed by atoms with E-state index < -0.39 is 9.84 Å². The number of piperidine rings is 2. The minimum absolute atomic E-state index is 0.327. The maximum absolute atomic E-state index is 11.8. The number of ether oxygens (including phenoxy) is 1. The van der Waals surface area contributed by atoms with Crippen LogP contribution in [0.3, 0.4) is 0 Å². The van der Waals surface area contributed by atoms with Crippen molar-refractivity contribution in [1.29, 1.82) is 0 Å². The van der Waals surface area contributed by atoms with Gasteiger partial charge in [0, 0.05) is 49.2 Å². The summed E-state index contributed by atoms with van der Waals surface area (Å²) in [5.74, 6) is 1.37. The van der Waals surface area contributed by atoms with Crippen LogP contribution in [-0.4, -0.2) is 84.9 Å². The second-order valence-electron chi connectivity index (χ2n) is 12.3. The van der Waals surface area contributed by atoms with Crippen LogP contribution in [0.25, 0.3) is 22.4 Å². The van der Waals surface area contributed by atoms with Crippen molar-refractivity contribution in [2.75, 3.05) is 32.6 Å². The summed E-state index contributed by atoms with van der Waals surface area (Å²) in [4.78, 5) is 14.3. The van der Waals surface area contributed by atoms with Gasteiger partial charge in [0.15, 0.2) is 9.84 Å². The Labute approximate surface area is 231 Å². The number of aromatic amines is 1. The lowest BCUT2D eigenvalue weighted by molar-refractivity contribution is -0.0221. The molecule has 0 radical (unpaired) electrons. The summed E-state index contributed by atoms with van der Waals surface area (Å²) in [5.41, 5.74) is 4.30. The van der Waals surface area contributed by atoms with Crippen LogP contribution in [0.15, 0.2) is 47.4 Å². The summed E-state index contributed by atoms with van der Waals surface area (Å²) in [7, 11) is -3.21. The number of hydrogen-bond donors (Lipinski definition) is 1. The third kappa shape index (κ3) is 5.05. The Morgan fingerprint density at radius 2 is 1.54 bits per heavy atom. The molecule has 208 valence electrons. The smallest absolute Gasteiger partial charge is 0.175 e. The van der Waals surface area contributed by atoms with Crippen LogP contribution < -0.4 is 0 Å². The van der Waals surface area contributed by atoms with Crippen molar-refractivity contribution in [3.8, 4) is 11.4 Å². The molecule has 2 unspecified atom stereocenters. The van der Waals surface area contributed by atoms with Crippen molar-refractivity contribution in [2.24, 2.45) is 0 Å². The highest BCUT2D eigenvalue weighted by Gasteiger charge is 2.45. The molecule has 3 aromatic rings. The SMILES string of the molecule is CS(=O)(=O)c1ccc(-c2nc3ccc(C4CCN(C5CC6CCC(C5)N6C5CCOCC5)CC4)cc3[nH]2)cc1. The molecule has 4 saturated heterocycles. The number of fused-ring (bicyclic) bond motifs is 3. The van der Waals surface area contributed by atoms with Gasteiger partial charge in [-0.25, -0.2) is 13.4 Å². The van der Waals surface area contributed by atoms with Crippen molar-refractivity contribution in [2.45, 2.75) is 86.3 Å². The fourth-order valence-corrected chi connectivity index (χ4v) is 8.57. The summed E-state index contributed by atoms with van der Waals surface area (Å²) < 4.78 is 29.2. The molecule has 2 aromatic carbocycles. The van der Waals surface area contributed by atoms with Gasteiger partial charge in [-0.3, -0.25) is 4.90 Å². The molecule has 1 N–H and O–H groups in total. The zero-order valence-corrected chi connectivity index (χ0v) is 23.7. The number of H-pyrrole nitrogens is 1. The molecule has 0 amide bonds. The number of nitrogens with one attached hydrogen (secondary N) is 1. The van der Waals surface area contributed by atoms with Gasteiger partial charge in [-0.1, -0.05) is 6.07 Å². The monoisotopic (exact) mass is 548 g/mol. The number of rotatable bonds is 5. The zero-order chi connectivity index (χ0) is 26.6. The van der Waals surface area contributed by atoms with Crippen LogP contribution in [0.1, 0.15) is 62.8 Å². The number of sulfone groups is 1. The van der Waals surface area contributed by atoms with Crippen molar-refractivity contribution in [3.05, 3.63) is 48.0 Å². The highest BCUT2D eigenvalue weighted by Crippen LogP contribution is 2.42. The Morgan fingerprint density at radius 1 is 0.846 bits per heavy atom. The molecular formula is C31H40N4O3S. The number of aromatic nitrogens is 2. The van der Waals surface area contributed by atoms with E-state index in [1.165, 1.54) is 76.3 Å². The van der Waals surface area contributed by atoms with Crippen LogP contribution >= 0.6 is 0 Å². The lowest BCUT2D eigenvalue weighted by Crippen LogP contribution is -2.55. The summed E-state index contributed by atoms with van der Waals surface area (Å²) in [6.07, 6.45) is 11.6. The van der Waals surface area contributed by atoms with Crippen molar-refractivity contribution in [3.63, 3.8) is 0 Å². The largest absolute Gasteiger partial charge is 0.381 e. The van der Waals surface area contributed by atoms with Gasteiger partial charge in [-0.2, -0.15) is 0 Å². The van der Waals surface area contributed by atoms with Gasteiger partial charge in [0.1, 0.15) is 5.82 Å². The number of benzene rings is 2. The third-order valence-electron chi connectivity index (χ3n) is 9.96. The predicted octanol–water partition coefficient (Wildman–Crippen LogP) is 4.99. The summed E-state index contributed by atoms with van der Waals surface area (Å²) >= 11 is 0. The lowest BCUT2D eigenvalue weighted by Gasteiger charge is -2.48. The predicted molar refractivity (Wildman–Crippen MR) is 154 cm³/mol. The summed E-state index contributed by atoms with van der Waals surface area (Å²) in [6.45, 7) is 4.29. The van der Waals surface area contributed by atoms with Crippen molar-refractivity contribution < 1.29 is 13.2 Å². The molecule has 4 aliphatic heterocycles. The molecule has 4 aliphatic rings. The maximum atomic E-state index is 11.8. The van der Waals surface area contributed by atoms with Crippen LogP contribution in [0.5, 0.6) is 0 Å².